The monoisotopic (exact) mass is 442 g/mol. The van der Waals surface area contributed by atoms with Crippen LogP contribution in [0, 0.1) is 6.92 Å². The van der Waals surface area contributed by atoms with Crippen molar-refractivity contribution in [3.8, 4) is 0 Å². The average molecular weight is 443 g/mol. The number of amides is 1. The lowest BCUT2D eigenvalue weighted by molar-refractivity contribution is -0.123. The third-order valence-corrected chi connectivity index (χ3v) is 7.18. The number of anilines is 1. The number of thiocarbonyl (C=S) groups is 1. The standard InChI is InChI=1S/C22H26N4O2S2/c1-4-15(3)26-21(28)17(30-22(26)29)13-16-19(24-10-6-5-7-11-24)23-18-14(2)9-8-12-25(18)20(16)27/h8-9,12-13,15H,4-7,10-11H2,1-3H3. The number of nitrogens with zero attached hydrogens (tertiary/aromatic N) is 4. The Morgan fingerprint density at radius 1 is 1.27 bits per heavy atom. The van der Waals surface area contributed by atoms with Crippen molar-refractivity contribution in [1.29, 1.82) is 0 Å². The summed E-state index contributed by atoms with van der Waals surface area (Å²) in [6.45, 7) is 7.70. The smallest absolute Gasteiger partial charge is 0.267 e. The molecule has 0 radical (unpaired) electrons. The Labute approximate surface area is 186 Å². The molecule has 0 aromatic carbocycles. The minimum Gasteiger partial charge on any atom is -0.356 e. The van der Waals surface area contributed by atoms with Crippen molar-refractivity contribution < 1.29 is 4.79 Å². The van der Waals surface area contributed by atoms with Crippen LogP contribution in [-0.4, -0.2) is 43.6 Å². The number of carbonyl (C=O) groups excluding carboxylic acids is 1. The average Bonchev–Trinajstić information content (AvgIpc) is 3.03. The second-order valence-corrected chi connectivity index (χ2v) is 9.57. The highest BCUT2D eigenvalue weighted by Crippen LogP contribution is 2.35. The minimum absolute atomic E-state index is 0.0310. The van der Waals surface area contributed by atoms with Gasteiger partial charge in [0.15, 0.2) is 0 Å². The van der Waals surface area contributed by atoms with E-state index in [0.717, 1.165) is 37.9 Å². The van der Waals surface area contributed by atoms with Crippen molar-refractivity contribution in [1.82, 2.24) is 14.3 Å². The van der Waals surface area contributed by atoms with Crippen LogP contribution in [0.4, 0.5) is 5.82 Å². The Morgan fingerprint density at radius 2 is 2.00 bits per heavy atom. The van der Waals surface area contributed by atoms with Crippen LogP contribution in [-0.2, 0) is 4.79 Å². The second-order valence-electron chi connectivity index (χ2n) is 7.90. The SMILES string of the molecule is CCC(C)N1C(=O)C(=Cc2c(N3CCCCC3)nc3c(C)cccn3c2=O)SC1=S. The summed E-state index contributed by atoms with van der Waals surface area (Å²) >= 11 is 6.72. The van der Waals surface area contributed by atoms with Gasteiger partial charge in [0, 0.05) is 25.3 Å². The fraction of sp³-hybridized carbons (Fsp3) is 0.455. The third-order valence-electron chi connectivity index (χ3n) is 5.85. The number of thioether (sulfide) groups is 1. The van der Waals surface area contributed by atoms with Crippen LogP contribution in [0.3, 0.4) is 0 Å². The van der Waals surface area contributed by atoms with Crippen molar-refractivity contribution in [2.75, 3.05) is 18.0 Å². The van der Waals surface area contributed by atoms with Gasteiger partial charge in [-0.1, -0.05) is 37.0 Å². The van der Waals surface area contributed by atoms with E-state index in [9.17, 15) is 9.59 Å². The first-order valence-electron chi connectivity index (χ1n) is 10.5. The van der Waals surface area contributed by atoms with Gasteiger partial charge in [-0.2, -0.15) is 0 Å². The molecule has 0 spiro atoms. The van der Waals surface area contributed by atoms with Crippen molar-refractivity contribution in [3.63, 3.8) is 0 Å². The van der Waals surface area contributed by atoms with Crippen molar-refractivity contribution in [2.24, 2.45) is 0 Å². The molecule has 4 heterocycles. The summed E-state index contributed by atoms with van der Waals surface area (Å²) in [6.07, 6.45) is 7.59. The van der Waals surface area contributed by atoms with Gasteiger partial charge in [-0.3, -0.25) is 18.9 Å². The molecule has 0 saturated carbocycles. The Morgan fingerprint density at radius 3 is 2.70 bits per heavy atom. The molecule has 0 bridgehead atoms. The van der Waals surface area contributed by atoms with Gasteiger partial charge < -0.3 is 4.90 Å². The summed E-state index contributed by atoms with van der Waals surface area (Å²) in [5, 5.41) is 0. The number of aromatic nitrogens is 2. The highest BCUT2D eigenvalue weighted by Gasteiger charge is 2.35. The number of piperidine rings is 1. The largest absolute Gasteiger partial charge is 0.356 e. The number of hydrogen-bond acceptors (Lipinski definition) is 6. The van der Waals surface area contributed by atoms with E-state index in [1.165, 1.54) is 18.2 Å². The summed E-state index contributed by atoms with van der Waals surface area (Å²) < 4.78 is 2.12. The molecule has 2 fully saturated rings. The topological polar surface area (TPSA) is 57.9 Å². The highest BCUT2D eigenvalue weighted by molar-refractivity contribution is 8.26. The Kier molecular flexibility index (Phi) is 5.97. The Bertz CT molecular complexity index is 1100. The van der Waals surface area contributed by atoms with Gasteiger partial charge in [-0.25, -0.2) is 4.98 Å². The lowest BCUT2D eigenvalue weighted by Gasteiger charge is -2.29. The summed E-state index contributed by atoms with van der Waals surface area (Å²) in [4.78, 5) is 35.7. The van der Waals surface area contributed by atoms with Gasteiger partial charge in [-0.05, 0) is 57.2 Å². The van der Waals surface area contributed by atoms with E-state index < -0.39 is 0 Å². The summed E-state index contributed by atoms with van der Waals surface area (Å²) in [7, 11) is 0. The molecule has 2 aliphatic rings. The summed E-state index contributed by atoms with van der Waals surface area (Å²) in [5.74, 6) is 0.542. The molecule has 2 saturated heterocycles. The van der Waals surface area contributed by atoms with Gasteiger partial charge >= 0.3 is 0 Å². The van der Waals surface area contributed by atoms with Gasteiger partial charge in [-0.15, -0.1) is 0 Å². The molecule has 4 rings (SSSR count). The van der Waals surface area contributed by atoms with E-state index in [1.54, 1.807) is 21.6 Å². The molecule has 8 heteroatoms. The number of fused-ring (bicyclic) bond motifs is 1. The highest BCUT2D eigenvalue weighted by atomic mass is 32.2. The van der Waals surface area contributed by atoms with Crippen LogP contribution >= 0.6 is 24.0 Å². The molecule has 6 nitrogen and oxygen atoms in total. The number of aryl methyl sites for hydroxylation is 1. The maximum absolute atomic E-state index is 13.5. The lowest BCUT2D eigenvalue weighted by Crippen LogP contribution is -2.36. The zero-order valence-corrected chi connectivity index (χ0v) is 19.2. The maximum Gasteiger partial charge on any atom is 0.267 e. The fourth-order valence-corrected chi connectivity index (χ4v) is 5.39. The predicted molar refractivity (Wildman–Crippen MR) is 127 cm³/mol. The molecule has 2 aromatic heterocycles. The summed E-state index contributed by atoms with van der Waals surface area (Å²) in [5.41, 5.74) is 1.91. The first kappa shape index (κ1) is 21.1. The van der Waals surface area contributed by atoms with Crippen molar-refractivity contribution >= 4 is 51.7 Å². The van der Waals surface area contributed by atoms with E-state index in [-0.39, 0.29) is 17.5 Å². The lowest BCUT2D eigenvalue weighted by atomic mass is 10.1. The van der Waals surface area contributed by atoms with Crippen LogP contribution in [0.1, 0.15) is 50.7 Å². The molecule has 0 N–H and O–H groups in total. The van der Waals surface area contributed by atoms with E-state index in [2.05, 4.69) is 4.90 Å². The molecule has 158 valence electrons. The Hall–Kier alpha value is -2.19. The van der Waals surface area contributed by atoms with Crippen molar-refractivity contribution in [3.05, 3.63) is 44.7 Å². The molecule has 0 aliphatic carbocycles. The number of pyridine rings is 1. The molecule has 2 aliphatic heterocycles. The number of hydrogen-bond donors (Lipinski definition) is 0. The molecular weight excluding hydrogens is 416 g/mol. The van der Waals surface area contributed by atoms with Crippen LogP contribution in [0.5, 0.6) is 0 Å². The van der Waals surface area contributed by atoms with E-state index in [1.807, 2.05) is 32.9 Å². The van der Waals surface area contributed by atoms with E-state index in [4.69, 9.17) is 17.2 Å². The minimum atomic E-state index is -0.155. The quantitative estimate of drug-likeness (QED) is 0.527. The maximum atomic E-state index is 13.5. The molecule has 2 aromatic rings. The van der Waals surface area contributed by atoms with Crippen molar-refractivity contribution in [2.45, 2.75) is 52.5 Å². The van der Waals surface area contributed by atoms with Gasteiger partial charge in [0.25, 0.3) is 11.5 Å². The first-order valence-corrected chi connectivity index (χ1v) is 11.7. The zero-order chi connectivity index (χ0) is 21.4. The third kappa shape index (κ3) is 3.67. The molecule has 1 amide bonds. The first-order chi connectivity index (χ1) is 14.4. The van der Waals surface area contributed by atoms with Crippen LogP contribution < -0.4 is 10.5 Å². The number of carbonyl (C=O) groups is 1. The van der Waals surface area contributed by atoms with Gasteiger partial charge in [0.1, 0.15) is 15.8 Å². The zero-order valence-electron chi connectivity index (χ0n) is 17.6. The Balaban J connectivity index is 1.88. The van der Waals surface area contributed by atoms with E-state index in [0.29, 0.717) is 26.3 Å². The second kappa shape index (κ2) is 8.51. The van der Waals surface area contributed by atoms with Crippen LogP contribution in [0.2, 0.25) is 0 Å². The van der Waals surface area contributed by atoms with Gasteiger partial charge in [0.2, 0.25) is 0 Å². The number of rotatable bonds is 4. The predicted octanol–water partition coefficient (Wildman–Crippen LogP) is 3.99. The van der Waals surface area contributed by atoms with Crippen LogP contribution in [0.25, 0.3) is 11.7 Å². The normalized spacial score (nSPS) is 19.9. The summed E-state index contributed by atoms with van der Waals surface area (Å²) in [6, 6.07) is 3.83. The molecule has 1 atom stereocenters. The van der Waals surface area contributed by atoms with Crippen LogP contribution in [0.15, 0.2) is 28.0 Å². The molecule has 30 heavy (non-hydrogen) atoms. The van der Waals surface area contributed by atoms with Gasteiger partial charge in [0.05, 0.1) is 10.5 Å². The molecular formula is C22H26N4O2S2. The van der Waals surface area contributed by atoms with E-state index >= 15 is 0 Å². The fourth-order valence-electron chi connectivity index (χ4n) is 3.95. The molecule has 1 unspecified atom stereocenters.